The minimum Gasteiger partial charge on any atom is -0.345 e. The summed E-state index contributed by atoms with van der Waals surface area (Å²) < 4.78 is 15.1. The van der Waals surface area contributed by atoms with Crippen LogP contribution in [0.5, 0.6) is 0 Å². The van der Waals surface area contributed by atoms with Crippen LogP contribution >= 0.6 is 11.3 Å². The van der Waals surface area contributed by atoms with Crippen molar-refractivity contribution in [3.8, 4) is 11.3 Å². The Hall–Kier alpha value is -3.13. The van der Waals surface area contributed by atoms with E-state index in [1.54, 1.807) is 30.7 Å². The molecule has 3 aromatic heterocycles. The number of benzene rings is 1. The molecule has 28 heavy (non-hydrogen) atoms. The lowest BCUT2D eigenvalue weighted by Crippen LogP contribution is -2.22. The molecule has 1 fully saturated rings. The van der Waals surface area contributed by atoms with E-state index in [2.05, 4.69) is 24.8 Å². The highest BCUT2D eigenvalue weighted by molar-refractivity contribution is 7.09. The normalized spacial score (nSPS) is 13.8. The van der Waals surface area contributed by atoms with Gasteiger partial charge in [0.25, 0.3) is 5.91 Å². The second-order valence-corrected chi connectivity index (χ2v) is 7.71. The Kier molecular flexibility index (Phi) is 4.12. The van der Waals surface area contributed by atoms with Crippen molar-refractivity contribution in [1.29, 1.82) is 0 Å². The second-order valence-electron chi connectivity index (χ2n) is 6.77. The largest absolute Gasteiger partial charge is 0.345 e. The number of carbonyl (C=O) groups is 1. The number of aromatic nitrogens is 4. The quantitative estimate of drug-likeness (QED) is 0.557. The molecule has 4 aromatic rings. The molecule has 0 bridgehead atoms. The van der Waals surface area contributed by atoms with Gasteiger partial charge in [-0.15, -0.1) is 11.3 Å². The van der Waals surface area contributed by atoms with Crippen LogP contribution in [-0.4, -0.2) is 25.4 Å². The molecule has 3 heterocycles. The number of hydrogen-bond acceptors (Lipinski definition) is 5. The summed E-state index contributed by atoms with van der Waals surface area (Å²) in [5.41, 5.74) is 3.64. The van der Waals surface area contributed by atoms with Gasteiger partial charge in [-0.05, 0) is 43.2 Å². The predicted molar refractivity (Wildman–Crippen MR) is 104 cm³/mol. The van der Waals surface area contributed by atoms with Crippen LogP contribution in [0.25, 0.3) is 22.4 Å². The number of nitrogens with zero attached hydrogens (tertiary/aromatic N) is 4. The molecule has 140 valence electrons. The van der Waals surface area contributed by atoms with Gasteiger partial charge < -0.3 is 9.88 Å². The molecule has 1 aliphatic rings. The first-order valence-corrected chi connectivity index (χ1v) is 9.86. The molecule has 0 atom stereocenters. The molecule has 1 aliphatic carbocycles. The Morgan fingerprint density at radius 1 is 1.25 bits per heavy atom. The van der Waals surface area contributed by atoms with Gasteiger partial charge in [-0.1, -0.05) is 0 Å². The Bertz CT molecular complexity index is 1160. The van der Waals surface area contributed by atoms with E-state index in [9.17, 15) is 9.18 Å². The third-order valence-electron chi connectivity index (χ3n) is 4.71. The highest BCUT2D eigenvalue weighted by Gasteiger charge is 2.25. The van der Waals surface area contributed by atoms with E-state index >= 15 is 0 Å². The van der Waals surface area contributed by atoms with Crippen molar-refractivity contribution in [2.75, 3.05) is 0 Å². The third-order valence-corrected chi connectivity index (χ3v) is 5.56. The highest BCUT2D eigenvalue weighted by atomic mass is 32.1. The first-order chi connectivity index (χ1) is 13.7. The zero-order valence-corrected chi connectivity index (χ0v) is 15.6. The van der Waals surface area contributed by atoms with Crippen molar-refractivity contribution >= 4 is 28.4 Å². The minimum atomic E-state index is -0.279. The number of halogens is 1. The van der Waals surface area contributed by atoms with E-state index in [0.29, 0.717) is 18.2 Å². The van der Waals surface area contributed by atoms with Gasteiger partial charge in [0.2, 0.25) is 0 Å². The fraction of sp³-hybridized carbons (Fsp3) is 0.200. The Labute approximate surface area is 164 Å². The molecule has 0 saturated heterocycles. The molecule has 1 amide bonds. The Morgan fingerprint density at radius 3 is 2.86 bits per heavy atom. The molecular weight excluding hydrogens is 377 g/mol. The maximum absolute atomic E-state index is 13.0. The topological polar surface area (TPSA) is 72.7 Å². The number of imidazole rings is 1. The molecule has 1 N–H and O–H groups in total. The van der Waals surface area contributed by atoms with Crippen molar-refractivity contribution in [3.05, 3.63) is 64.6 Å². The summed E-state index contributed by atoms with van der Waals surface area (Å²) in [4.78, 5) is 25.8. The summed E-state index contributed by atoms with van der Waals surface area (Å²) in [5.74, 6) is -0.493. The molecule has 0 unspecified atom stereocenters. The number of carbonyl (C=O) groups excluding carboxylic acids is 1. The molecule has 0 radical (unpaired) electrons. The summed E-state index contributed by atoms with van der Waals surface area (Å²) in [6.07, 6.45) is 5.69. The fourth-order valence-corrected chi connectivity index (χ4v) is 3.81. The molecular formula is C20H16FN5OS. The maximum atomic E-state index is 13.0. The predicted octanol–water partition coefficient (Wildman–Crippen LogP) is 3.96. The SMILES string of the molecule is O=C(NCc1nc(-c2ccc(F)cc2)cs1)c1cnc2c(c1)ncn2C1CC1. The first-order valence-electron chi connectivity index (χ1n) is 8.98. The van der Waals surface area contributed by atoms with Crippen LogP contribution in [0.2, 0.25) is 0 Å². The maximum Gasteiger partial charge on any atom is 0.253 e. The third kappa shape index (κ3) is 3.27. The standard InChI is InChI=1S/C20H16FN5OS/c21-14-3-1-12(2-4-14)17-10-28-18(25-17)9-23-20(27)13-7-16-19(22-8-13)26(11-24-16)15-5-6-15/h1-4,7-8,10-11,15H,5-6,9H2,(H,23,27). The van der Waals surface area contributed by atoms with Gasteiger partial charge in [-0.2, -0.15) is 0 Å². The van der Waals surface area contributed by atoms with Crippen LogP contribution < -0.4 is 5.32 Å². The summed E-state index contributed by atoms with van der Waals surface area (Å²) in [6.45, 7) is 0.319. The number of amides is 1. The average molecular weight is 393 g/mol. The van der Waals surface area contributed by atoms with E-state index in [-0.39, 0.29) is 11.7 Å². The Balaban J connectivity index is 1.27. The number of rotatable bonds is 5. The minimum absolute atomic E-state index is 0.214. The monoisotopic (exact) mass is 393 g/mol. The lowest BCUT2D eigenvalue weighted by atomic mass is 10.2. The number of thiazole rings is 1. The highest BCUT2D eigenvalue weighted by Crippen LogP contribution is 2.36. The van der Waals surface area contributed by atoms with Crippen LogP contribution in [0.15, 0.2) is 48.2 Å². The van der Waals surface area contributed by atoms with Gasteiger partial charge in [0, 0.05) is 23.2 Å². The van der Waals surface area contributed by atoms with Crippen molar-refractivity contribution in [2.24, 2.45) is 0 Å². The van der Waals surface area contributed by atoms with Gasteiger partial charge >= 0.3 is 0 Å². The second kappa shape index (κ2) is 6.79. The average Bonchev–Trinajstić information content (AvgIpc) is 3.29. The number of hydrogen-bond donors (Lipinski definition) is 1. The molecule has 0 spiro atoms. The first kappa shape index (κ1) is 17.0. The summed E-state index contributed by atoms with van der Waals surface area (Å²) in [7, 11) is 0. The van der Waals surface area contributed by atoms with Gasteiger partial charge in [-0.25, -0.2) is 19.3 Å². The molecule has 0 aliphatic heterocycles. The van der Waals surface area contributed by atoms with Crippen molar-refractivity contribution in [3.63, 3.8) is 0 Å². The summed E-state index contributed by atoms with van der Waals surface area (Å²) >= 11 is 1.45. The van der Waals surface area contributed by atoms with E-state index in [1.807, 2.05) is 5.38 Å². The van der Waals surface area contributed by atoms with Crippen LogP contribution in [0.3, 0.4) is 0 Å². The molecule has 1 aromatic carbocycles. The van der Waals surface area contributed by atoms with Crippen LogP contribution in [-0.2, 0) is 6.54 Å². The zero-order chi connectivity index (χ0) is 19.1. The van der Waals surface area contributed by atoms with Crippen LogP contribution in [0.1, 0.15) is 34.2 Å². The van der Waals surface area contributed by atoms with Crippen molar-refractivity contribution in [1.82, 2.24) is 24.8 Å². The Morgan fingerprint density at radius 2 is 2.07 bits per heavy atom. The van der Waals surface area contributed by atoms with Gasteiger partial charge in [0.15, 0.2) is 5.65 Å². The van der Waals surface area contributed by atoms with Crippen molar-refractivity contribution in [2.45, 2.75) is 25.4 Å². The van der Waals surface area contributed by atoms with Gasteiger partial charge in [0.1, 0.15) is 16.3 Å². The molecule has 6 nitrogen and oxygen atoms in total. The number of pyridine rings is 1. The van der Waals surface area contributed by atoms with Gasteiger partial charge in [-0.3, -0.25) is 4.79 Å². The molecule has 5 rings (SSSR count). The molecule has 8 heteroatoms. The number of fused-ring (bicyclic) bond motifs is 1. The number of nitrogens with one attached hydrogen (secondary N) is 1. The van der Waals surface area contributed by atoms with E-state index in [4.69, 9.17) is 0 Å². The summed E-state index contributed by atoms with van der Waals surface area (Å²) in [6, 6.07) is 8.45. The molecule has 1 saturated carbocycles. The van der Waals surface area contributed by atoms with Crippen LogP contribution in [0, 0.1) is 5.82 Å². The van der Waals surface area contributed by atoms with E-state index < -0.39 is 0 Å². The van der Waals surface area contributed by atoms with Crippen molar-refractivity contribution < 1.29 is 9.18 Å². The lowest BCUT2D eigenvalue weighted by Gasteiger charge is -2.04. The zero-order valence-electron chi connectivity index (χ0n) is 14.8. The lowest BCUT2D eigenvalue weighted by molar-refractivity contribution is 0.0950. The van der Waals surface area contributed by atoms with Gasteiger partial charge in [0.05, 0.1) is 24.1 Å². The van der Waals surface area contributed by atoms with E-state index in [1.165, 1.54) is 23.5 Å². The van der Waals surface area contributed by atoms with E-state index in [0.717, 1.165) is 40.3 Å². The summed E-state index contributed by atoms with van der Waals surface area (Å²) in [5, 5.41) is 5.54. The fourth-order valence-electron chi connectivity index (χ4n) is 3.07. The smallest absolute Gasteiger partial charge is 0.253 e. The van der Waals surface area contributed by atoms with Crippen LogP contribution in [0.4, 0.5) is 4.39 Å².